The molecule has 0 aromatic heterocycles. The number of imide groups is 1. The molecule has 1 aromatic rings. The second-order valence-corrected chi connectivity index (χ2v) is 6.61. The SMILES string of the molecule is CN1C(=O)c2ccc(NC(=O)CN(CCCCO)C3CC3)cc2C1=O. The van der Waals surface area contributed by atoms with E-state index in [0.717, 1.165) is 37.1 Å². The van der Waals surface area contributed by atoms with E-state index in [1.54, 1.807) is 18.2 Å². The fourth-order valence-corrected chi connectivity index (χ4v) is 3.08. The highest BCUT2D eigenvalue weighted by atomic mass is 16.3. The van der Waals surface area contributed by atoms with Crippen molar-refractivity contribution in [2.45, 2.75) is 31.7 Å². The lowest BCUT2D eigenvalue weighted by Crippen LogP contribution is -2.35. The molecule has 7 nitrogen and oxygen atoms in total. The van der Waals surface area contributed by atoms with Gasteiger partial charge in [0.15, 0.2) is 0 Å². The zero-order valence-corrected chi connectivity index (χ0v) is 14.3. The number of fused-ring (bicyclic) bond motifs is 1. The van der Waals surface area contributed by atoms with Crippen LogP contribution in [0.5, 0.6) is 0 Å². The van der Waals surface area contributed by atoms with Crippen LogP contribution in [0.15, 0.2) is 18.2 Å². The molecule has 1 heterocycles. The van der Waals surface area contributed by atoms with Crippen LogP contribution in [0.25, 0.3) is 0 Å². The van der Waals surface area contributed by atoms with Gasteiger partial charge in [0.1, 0.15) is 0 Å². The van der Waals surface area contributed by atoms with Gasteiger partial charge in [-0.3, -0.25) is 24.2 Å². The molecule has 0 unspecified atom stereocenters. The third-order valence-electron chi connectivity index (χ3n) is 4.64. The van der Waals surface area contributed by atoms with Gasteiger partial charge in [-0.1, -0.05) is 0 Å². The van der Waals surface area contributed by atoms with Crippen LogP contribution in [-0.2, 0) is 4.79 Å². The van der Waals surface area contributed by atoms with Gasteiger partial charge in [-0.15, -0.1) is 0 Å². The summed E-state index contributed by atoms with van der Waals surface area (Å²) in [6.45, 7) is 1.25. The largest absolute Gasteiger partial charge is 0.396 e. The molecule has 0 radical (unpaired) electrons. The molecule has 1 aliphatic heterocycles. The molecule has 0 saturated heterocycles. The summed E-state index contributed by atoms with van der Waals surface area (Å²) in [5.41, 5.74) is 1.22. The van der Waals surface area contributed by atoms with Crippen LogP contribution in [0.4, 0.5) is 5.69 Å². The molecule has 134 valence electrons. The average molecular weight is 345 g/mol. The zero-order chi connectivity index (χ0) is 18.0. The van der Waals surface area contributed by atoms with Crippen LogP contribution in [0.1, 0.15) is 46.4 Å². The van der Waals surface area contributed by atoms with Gasteiger partial charge in [0, 0.05) is 25.4 Å². The van der Waals surface area contributed by atoms with Gasteiger partial charge in [-0.05, 0) is 50.4 Å². The maximum absolute atomic E-state index is 12.3. The number of benzene rings is 1. The number of aliphatic hydroxyl groups excluding tert-OH is 1. The Bertz CT molecular complexity index is 700. The van der Waals surface area contributed by atoms with E-state index >= 15 is 0 Å². The van der Waals surface area contributed by atoms with Gasteiger partial charge in [-0.2, -0.15) is 0 Å². The Kier molecular flexibility index (Phi) is 5.15. The molecule has 1 fully saturated rings. The summed E-state index contributed by atoms with van der Waals surface area (Å²) in [7, 11) is 1.45. The molecule has 2 N–H and O–H groups in total. The number of amides is 3. The highest BCUT2D eigenvalue weighted by Gasteiger charge is 2.33. The normalized spacial score (nSPS) is 16.5. The van der Waals surface area contributed by atoms with Crippen LogP contribution in [0.3, 0.4) is 0 Å². The van der Waals surface area contributed by atoms with E-state index in [0.29, 0.717) is 29.4 Å². The fraction of sp³-hybridized carbons (Fsp3) is 0.500. The number of carbonyl (C=O) groups is 3. The third kappa shape index (κ3) is 3.88. The molecular formula is C18H23N3O4. The number of nitrogens with one attached hydrogen (secondary N) is 1. The van der Waals surface area contributed by atoms with E-state index in [2.05, 4.69) is 10.2 Å². The quantitative estimate of drug-likeness (QED) is 0.544. The van der Waals surface area contributed by atoms with Crippen molar-refractivity contribution in [3.05, 3.63) is 29.3 Å². The Labute approximate surface area is 146 Å². The number of nitrogens with zero attached hydrogens (tertiary/aromatic N) is 2. The molecule has 7 heteroatoms. The van der Waals surface area contributed by atoms with Crippen molar-refractivity contribution in [2.24, 2.45) is 0 Å². The van der Waals surface area contributed by atoms with E-state index in [-0.39, 0.29) is 24.3 Å². The molecule has 3 rings (SSSR count). The van der Waals surface area contributed by atoms with Crippen LogP contribution in [0.2, 0.25) is 0 Å². The molecule has 1 aromatic carbocycles. The predicted molar refractivity (Wildman–Crippen MR) is 92.4 cm³/mol. The molecular weight excluding hydrogens is 322 g/mol. The number of hydrogen-bond acceptors (Lipinski definition) is 5. The first-order chi connectivity index (χ1) is 12.0. The Morgan fingerprint density at radius 1 is 1.24 bits per heavy atom. The minimum Gasteiger partial charge on any atom is -0.396 e. The third-order valence-corrected chi connectivity index (χ3v) is 4.64. The van der Waals surface area contributed by atoms with Crippen LogP contribution in [0, 0.1) is 0 Å². The summed E-state index contributed by atoms with van der Waals surface area (Å²) in [4.78, 5) is 39.5. The second-order valence-electron chi connectivity index (χ2n) is 6.61. The number of hydrogen-bond donors (Lipinski definition) is 2. The van der Waals surface area contributed by atoms with Crippen LogP contribution < -0.4 is 5.32 Å². The molecule has 1 saturated carbocycles. The van der Waals surface area contributed by atoms with Gasteiger partial charge in [-0.25, -0.2) is 0 Å². The predicted octanol–water partition coefficient (Wildman–Crippen LogP) is 1.09. The monoisotopic (exact) mass is 345 g/mol. The Morgan fingerprint density at radius 2 is 1.96 bits per heavy atom. The standard InChI is InChI=1S/C18H23N3O4/c1-20-17(24)14-7-4-12(10-15(14)18(20)25)19-16(23)11-21(13-5-6-13)8-2-3-9-22/h4,7,10,13,22H,2-3,5-6,8-9,11H2,1H3,(H,19,23). The van der Waals surface area contributed by atoms with Crippen molar-refractivity contribution in [1.82, 2.24) is 9.80 Å². The van der Waals surface area contributed by atoms with Crippen molar-refractivity contribution in [2.75, 3.05) is 32.1 Å². The fourth-order valence-electron chi connectivity index (χ4n) is 3.08. The minimum atomic E-state index is -0.347. The number of aliphatic hydroxyl groups is 1. The maximum atomic E-state index is 12.3. The topological polar surface area (TPSA) is 90.0 Å². The Morgan fingerprint density at radius 3 is 2.64 bits per heavy atom. The first-order valence-electron chi connectivity index (χ1n) is 8.62. The van der Waals surface area contributed by atoms with Gasteiger partial charge in [0.25, 0.3) is 11.8 Å². The van der Waals surface area contributed by atoms with Crippen LogP contribution >= 0.6 is 0 Å². The average Bonchev–Trinajstić information content (AvgIpc) is 3.41. The minimum absolute atomic E-state index is 0.138. The van der Waals surface area contributed by atoms with Crippen molar-refractivity contribution in [1.29, 1.82) is 0 Å². The van der Waals surface area contributed by atoms with Crippen LogP contribution in [-0.4, -0.2) is 65.4 Å². The van der Waals surface area contributed by atoms with E-state index in [4.69, 9.17) is 5.11 Å². The molecule has 0 atom stereocenters. The Hall–Kier alpha value is -2.25. The molecule has 3 amide bonds. The molecule has 1 aliphatic carbocycles. The summed E-state index contributed by atoms with van der Waals surface area (Å²) in [5.74, 6) is -0.803. The number of anilines is 1. The van der Waals surface area contributed by atoms with E-state index in [9.17, 15) is 14.4 Å². The number of unbranched alkanes of at least 4 members (excludes halogenated alkanes) is 1. The molecule has 0 bridgehead atoms. The summed E-state index contributed by atoms with van der Waals surface area (Å²) >= 11 is 0. The van der Waals surface area contributed by atoms with Gasteiger partial charge in [0.05, 0.1) is 17.7 Å². The summed E-state index contributed by atoms with van der Waals surface area (Å²) in [5, 5.41) is 11.7. The lowest BCUT2D eigenvalue weighted by atomic mass is 10.1. The molecule has 2 aliphatic rings. The van der Waals surface area contributed by atoms with Crippen molar-refractivity contribution in [3.63, 3.8) is 0 Å². The van der Waals surface area contributed by atoms with Gasteiger partial charge < -0.3 is 10.4 Å². The van der Waals surface area contributed by atoms with Crippen molar-refractivity contribution >= 4 is 23.4 Å². The highest BCUT2D eigenvalue weighted by molar-refractivity contribution is 6.21. The Balaban J connectivity index is 1.61. The number of rotatable bonds is 8. The van der Waals surface area contributed by atoms with Gasteiger partial charge in [0.2, 0.25) is 5.91 Å². The molecule has 25 heavy (non-hydrogen) atoms. The number of carbonyl (C=O) groups excluding carboxylic acids is 3. The van der Waals surface area contributed by atoms with E-state index < -0.39 is 0 Å². The van der Waals surface area contributed by atoms with E-state index in [1.807, 2.05) is 0 Å². The zero-order valence-electron chi connectivity index (χ0n) is 14.3. The van der Waals surface area contributed by atoms with Crippen molar-refractivity contribution < 1.29 is 19.5 Å². The first-order valence-corrected chi connectivity index (χ1v) is 8.62. The lowest BCUT2D eigenvalue weighted by molar-refractivity contribution is -0.117. The maximum Gasteiger partial charge on any atom is 0.261 e. The first kappa shape index (κ1) is 17.6. The highest BCUT2D eigenvalue weighted by Crippen LogP contribution is 2.27. The molecule has 0 spiro atoms. The lowest BCUT2D eigenvalue weighted by Gasteiger charge is -2.21. The smallest absolute Gasteiger partial charge is 0.261 e. The summed E-state index contributed by atoms with van der Waals surface area (Å²) in [6.07, 6.45) is 3.81. The van der Waals surface area contributed by atoms with Crippen molar-refractivity contribution in [3.8, 4) is 0 Å². The summed E-state index contributed by atoms with van der Waals surface area (Å²) < 4.78 is 0. The summed E-state index contributed by atoms with van der Waals surface area (Å²) in [6, 6.07) is 5.24. The van der Waals surface area contributed by atoms with Gasteiger partial charge >= 0.3 is 0 Å². The second kappa shape index (κ2) is 7.33. The van der Waals surface area contributed by atoms with E-state index in [1.165, 1.54) is 7.05 Å².